The minimum absolute atomic E-state index is 0.0198. The lowest BCUT2D eigenvalue weighted by Crippen LogP contribution is -2.54. The molecule has 0 amide bonds. The smallest absolute Gasteiger partial charge is 0.113 e. The first-order valence-electron chi connectivity index (χ1n) is 6.92. The second-order valence-electron chi connectivity index (χ2n) is 6.95. The number of aliphatic hydroxyl groups excluding tert-OH is 1. The average Bonchev–Trinajstić information content (AvgIpc) is 2.69. The fourth-order valence-corrected chi connectivity index (χ4v) is 6.06. The van der Waals surface area contributed by atoms with Crippen LogP contribution in [-0.4, -0.2) is 22.9 Å². The molecule has 1 unspecified atom stereocenters. The molecule has 0 radical (unpaired) electrons. The van der Waals surface area contributed by atoms with Crippen LogP contribution in [0.3, 0.4) is 0 Å². The Morgan fingerprint density at radius 2 is 2.06 bits per heavy atom. The van der Waals surface area contributed by atoms with Crippen LogP contribution in [0.4, 0.5) is 0 Å². The summed E-state index contributed by atoms with van der Waals surface area (Å²) < 4.78 is 5.99. The molecule has 1 N–H and O–H groups in total. The second kappa shape index (κ2) is 2.51. The predicted octanol–water partition coefficient (Wildman–Crippen LogP) is 2.50. The zero-order valence-electron chi connectivity index (χ0n) is 10.3. The van der Waals surface area contributed by atoms with Crippen molar-refractivity contribution in [2.45, 2.75) is 70.2 Å². The third kappa shape index (κ3) is 0.743. The van der Waals surface area contributed by atoms with Gasteiger partial charge in [0, 0.05) is 5.41 Å². The number of epoxide rings is 1. The highest BCUT2D eigenvalue weighted by atomic mass is 16.6. The first-order valence-corrected chi connectivity index (χ1v) is 6.92. The molecule has 4 fully saturated rings. The molecule has 3 saturated carbocycles. The van der Waals surface area contributed by atoms with Crippen molar-refractivity contribution >= 4 is 0 Å². The molecule has 90 valence electrons. The Labute approximate surface area is 97.4 Å². The van der Waals surface area contributed by atoms with E-state index in [4.69, 9.17) is 4.74 Å². The molecule has 3 aliphatic carbocycles. The summed E-state index contributed by atoms with van der Waals surface area (Å²) in [7, 11) is 0. The van der Waals surface area contributed by atoms with Gasteiger partial charge in [-0.25, -0.2) is 0 Å². The normalized spacial score (nSPS) is 67.3. The predicted molar refractivity (Wildman–Crippen MR) is 61.0 cm³/mol. The molecular weight excluding hydrogens is 200 g/mol. The summed E-state index contributed by atoms with van der Waals surface area (Å²) in [6.07, 6.45) is 7.68. The Bertz CT molecular complexity index is 355. The molecule has 4 rings (SSSR count). The molecule has 0 aromatic carbocycles. The zero-order chi connectivity index (χ0) is 11.2. The quantitative estimate of drug-likeness (QED) is 0.639. The van der Waals surface area contributed by atoms with Gasteiger partial charge in [0.25, 0.3) is 0 Å². The summed E-state index contributed by atoms with van der Waals surface area (Å²) in [5.41, 5.74) is 0.851. The van der Waals surface area contributed by atoms with Crippen LogP contribution in [0.15, 0.2) is 0 Å². The molecule has 1 aliphatic heterocycles. The van der Waals surface area contributed by atoms with Gasteiger partial charge < -0.3 is 9.84 Å². The number of rotatable bonds is 0. The summed E-state index contributed by atoms with van der Waals surface area (Å²) in [6, 6.07) is 0. The summed E-state index contributed by atoms with van der Waals surface area (Å²) in [4.78, 5) is 0. The van der Waals surface area contributed by atoms with Crippen molar-refractivity contribution in [2.75, 3.05) is 0 Å². The van der Waals surface area contributed by atoms with Gasteiger partial charge in [-0.15, -0.1) is 0 Å². The fourth-order valence-electron chi connectivity index (χ4n) is 6.06. The first-order chi connectivity index (χ1) is 7.56. The third-order valence-corrected chi connectivity index (χ3v) is 6.86. The van der Waals surface area contributed by atoms with Gasteiger partial charge in [-0.05, 0) is 50.4 Å². The second-order valence-corrected chi connectivity index (χ2v) is 6.95. The monoisotopic (exact) mass is 222 g/mol. The Balaban J connectivity index is 1.89. The van der Waals surface area contributed by atoms with E-state index in [9.17, 15) is 5.11 Å². The Morgan fingerprint density at radius 1 is 1.25 bits per heavy atom. The lowest BCUT2D eigenvalue weighted by Gasteiger charge is -2.50. The van der Waals surface area contributed by atoms with Gasteiger partial charge in [0.15, 0.2) is 0 Å². The first kappa shape index (κ1) is 9.90. The van der Waals surface area contributed by atoms with Crippen molar-refractivity contribution < 1.29 is 9.84 Å². The minimum Gasteiger partial charge on any atom is -0.390 e. The van der Waals surface area contributed by atoms with Gasteiger partial charge in [-0.1, -0.05) is 13.3 Å². The maximum atomic E-state index is 10.3. The molecule has 0 spiro atoms. The van der Waals surface area contributed by atoms with E-state index in [1.165, 1.54) is 32.1 Å². The van der Waals surface area contributed by atoms with Crippen LogP contribution in [-0.2, 0) is 4.74 Å². The van der Waals surface area contributed by atoms with Crippen molar-refractivity contribution in [3.63, 3.8) is 0 Å². The number of hydrogen-bond acceptors (Lipinski definition) is 2. The van der Waals surface area contributed by atoms with Crippen LogP contribution in [0.25, 0.3) is 0 Å². The van der Waals surface area contributed by atoms with Crippen LogP contribution < -0.4 is 0 Å². The highest BCUT2D eigenvalue weighted by molar-refractivity contribution is 5.28. The standard InChI is InChI=1S/C14H22O2/c1-9-4-7-14-6-3-5-13(9,14)8-10(15)11-12(14,2)16-11/h9-11,15H,3-8H2,1-2H3/t9?,10-,11-,12-,13-,14-/m0/s1. The van der Waals surface area contributed by atoms with Crippen molar-refractivity contribution in [1.82, 2.24) is 0 Å². The Morgan fingerprint density at radius 3 is 2.88 bits per heavy atom. The minimum atomic E-state index is -0.197. The molecular formula is C14H22O2. The molecule has 4 aliphatic rings. The molecule has 6 atom stereocenters. The van der Waals surface area contributed by atoms with Crippen LogP contribution in [0.2, 0.25) is 0 Å². The molecule has 16 heavy (non-hydrogen) atoms. The van der Waals surface area contributed by atoms with E-state index < -0.39 is 0 Å². The van der Waals surface area contributed by atoms with Gasteiger partial charge in [0.1, 0.15) is 11.7 Å². The number of aliphatic hydroxyl groups is 1. The number of hydrogen-bond donors (Lipinski definition) is 1. The lowest BCUT2D eigenvalue weighted by atomic mass is 9.52. The fraction of sp³-hybridized carbons (Fsp3) is 1.00. The zero-order valence-corrected chi connectivity index (χ0v) is 10.3. The third-order valence-electron chi connectivity index (χ3n) is 6.86. The molecule has 0 bridgehead atoms. The summed E-state index contributed by atoms with van der Waals surface area (Å²) in [5.74, 6) is 0.784. The van der Waals surface area contributed by atoms with Gasteiger partial charge in [-0.3, -0.25) is 0 Å². The Hall–Kier alpha value is -0.0800. The summed E-state index contributed by atoms with van der Waals surface area (Å²) >= 11 is 0. The summed E-state index contributed by atoms with van der Waals surface area (Å²) in [5, 5.41) is 10.3. The van der Waals surface area contributed by atoms with Crippen molar-refractivity contribution in [3.05, 3.63) is 0 Å². The largest absolute Gasteiger partial charge is 0.390 e. The SMILES string of the molecule is CC1CC[C@]23CCC[C@]12C[C@H](O)[C@@H]1O[C@@]13C. The number of ether oxygens (including phenoxy) is 1. The molecule has 2 heteroatoms. The van der Waals surface area contributed by atoms with Crippen molar-refractivity contribution in [1.29, 1.82) is 0 Å². The van der Waals surface area contributed by atoms with E-state index in [1.54, 1.807) is 0 Å². The molecule has 1 saturated heterocycles. The topological polar surface area (TPSA) is 32.8 Å². The highest BCUT2D eigenvalue weighted by Crippen LogP contribution is 2.78. The van der Waals surface area contributed by atoms with E-state index >= 15 is 0 Å². The molecule has 0 aromatic heterocycles. The van der Waals surface area contributed by atoms with E-state index in [0.717, 1.165) is 12.3 Å². The van der Waals surface area contributed by atoms with Gasteiger partial charge >= 0.3 is 0 Å². The lowest BCUT2D eigenvalue weighted by molar-refractivity contribution is -0.0513. The van der Waals surface area contributed by atoms with Crippen LogP contribution in [0, 0.1) is 16.7 Å². The number of fused-ring (bicyclic) bond motifs is 1. The van der Waals surface area contributed by atoms with Crippen LogP contribution in [0.5, 0.6) is 0 Å². The van der Waals surface area contributed by atoms with Gasteiger partial charge in [0.2, 0.25) is 0 Å². The Kier molecular flexibility index (Phi) is 1.55. The van der Waals surface area contributed by atoms with Gasteiger partial charge in [0.05, 0.1) is 6.10 Å². The van der Waals surface area contributed by atoms with E-state index in [0.29, 0.717) is 10.8 Å². The summed E-state index contributed by atoms with van der Waals surface area (Å²) in [6.45, 7) is 4.68. The molecule has 2 nitrogen and oxygen atoms in total. The highest BCUT2D eigenvalue weighted by Gasteiger charge is 2.80. The average molecular weight is 222 g/mol. The van der Waals surface area contributed by atoms with E-state index in [2.05, 4.69) is 13.8 Å². The van der Waals surface area contributed by atoms with Crippen LogP contribution in [0.1, 0.15) is 52.4 Å². The maximum absolute atomic E-state index is 10.3. The van der Waals surface area contributed by atoms with Crippen LogP contribution >= 0.6 is 0 Å². The van der Waals surface area contributed by atoms with Crippen molar-refractivity contribution in [3.8, 4) is 0 Å². The molecule has 1 heterocycles. The van der Waals surface area contributed by atoms with E-state index in [-0.39, 0.29) is 17.8 Å². The van der Waals surface area contributed by atoms with E-state index in [1.807, 2.05) is 0 Å². The maximum Gasteiger partial charge on any atom is 0.113 e. The van der Waals surface area contributed by atoms with Crippen molar-refractivity contribution in [2.24, 2.45) is 16.7 Å². The van der Waals surface area contributed by atoms with Gasteiger partial charge in [-0.2, -0.15) is 0 Å². The molecule has 0 aromatic rings.